The monoisotopic (exact) mass is 432 g/mol. The van der Waals surface area contributed by atoms with Gasteiger partial charge in [0, 0.05) is 37.1 Å². The molecule has 3 aromatic carbocycles. The van der Waals surface area contributed by atoms with Crippen molar-refractivity contribution in [2.45, 2.75) is 27.2 Å². The summed E-state index contributed by atoms with van der Waals surface area (Å²) < 4.78 is 0. The minimum Gasteiger partial charge on any atom is -0.507 e. The number of Topliss-reactive ketones (excluding diaryl/α,β-unsaturated/α-hetero) is 1. The molecule has 0 heterocycles. The first-order valence-electron chi connectivity index (χ1n) is 10.9. The van der Waals surface area contributed by atoms with E-state index in [0.717, 1.165) is 47.6 Å². The van der Waals surface area contributed by atoms with Crippen LogP contribution in [0.1, 0.15) is 47.9 Å². The number of aromatic hydroxyl groups is 1. The smallest absolute Gasteiger partial charge is 0.161 e. The van der Waals surface area contributed by atoms with Crippen molar-refractivity contribution < 1.29 is 14.7 Å². The van der Waals surface area contributed by atoms with Crippen LogP contribution >= 0.6 is 0 Å². The molecule has 3 aromatic rings. The van der Waals surface area contributed by atoms with Gasteiger partial charge >= 0.3 is 0 Å². The van der Waals surface area contributed by atoms with Crippen molar-refractivity contribution in [1.29, 1.82) is 0 Å². The molecule has 0 fully saturated rings. The van der Waals surface area contributed by atoms with Crippen molar-refractivity contribution in [2.75, 3.05) is 30.4 Å². The van der Waals surface area contributed by atoms with Gasteiger partial charge in [0.2, 0.25) is 0 Å². The van der Waals surface area contributed by atoms with Crippen molar-refractivity contribution in [3.05, 3.63) is 77.9 Å². The summed E-state index contributed by atoms with van der Waals surface area (Å²) in [5.74, 6) is 0.121. The van der Waals surface area contributed by atoms with Crippen LogP contribution in [-0.4, -0.2) is 37.3 Å². The molecule has 0 spiro atoms. The maximum atomic E-state index is 11.4. The van der Waals surface area contributed by atoms with Crippen LogP contribution in [0.15, 0.2) is 66.7 Å². The second kappa shape index (κ2) is 12.3. The zero-order chi connectivity index (χ0) is 23.5. The largest absolute Gasteiger partial charge is 0.507 e. The molecule has 0 aliphatic carbocycles. The molecule has 0 aromatic heterocycles. The van der Waals surface area contributed by atoms with Gasteiger partial charge in [-0.15, -0.1) is 0 Å². The number of phenols is 1. The van der Waals surface area contributed by atoms with Crippen molar-refractivity contribution >= 4 is 23.4 Å². The Balaban J connectivity index is 0.000000229. The van der Waals surface area contributed by atoms with Crippen LogP contribution in [0.4, 0.5) is 11.4 Å². The molecule has 0 saturated carbocycles. The molecular weight excluding hydrogens is 400 g/mol. The number of nitrogens with one attached hydrogen (secondary N) is 1. The number of anilines is 2. The summed E-state index contributed by atoms with van der Waals surface area (Å²) in [5.41, 5.74) is 5.20. The van der Waals surface area contributed by atoms with Gasteiger partial charge in [0.15, 0.2) is 12.1 Å². The Labute approximate surface area is 190 Å². The first-order chi connectivity index (χ1) is 15.4. The van der Waals surface area contributed by atoms with E-state index in [1.807, 2.05) is 49.5 Å². The Kier molecular flexibility index (Phi) is 9.48. The third-order valence-electron chi connectivity index (χ3n) is 5.15. The van der Waals surface area contributed by atoms with Gasteiger partial charge in [-0.1, -0.05) is 43.3 Å². The molecule has 5 nitrogen and oxygen atoms in total. The van der Waals surface area contributed by atoms with Gasteiger partial charge in [-0.05, 0) is 61.7 Å². The maximum absolute atomic E-state index is 11.4. The second-order valence-corrected chi connectivity index (χ2v) is 7.37. The second-order valence-electron chi connectivity index (χ2n) is 7.37. The number of hydrogen-bond acceptors (Lipinski definition) is 5. The average Bonchev–Trinajstić information content (AvgIpc) is 2.83. The number of hydrogen-bond donors (Lipinski definition) is 2. The Morgan fingerprint density at radius 3 is 2.28 bits per heavy atom. The number of rotatable bonds is 8. The van der Waals surface area contributed by atoms with E-state index in [4.69, 9.17) is 0 Å². The van der Waals surface area contributed by atoms with Crippen LogP contribution < -0.4 is 10.2 Å². The van der Waals surface area contributed by atoms with Crippen molar-refractivity contribution in [3.63, 3.8) is 0 Å². The van der Waals surface area contributed by atoms with Crippen molar-refractivity contribution in [1.82, 2.24) is 0 Å². The van der Waals surface area contributed by atoms with Gasteiger partial charge in [-0.3, -0.25) is 9.59 Å². The van der Waals surface area contributed by atoms with Gasteiger partial charge in [-0.25, -0.2) is 0 Å². The Bertz CT molecular complexity index is 1030. The zero-order valence-electron chi connectivity index (χ0n) is 19.3. The summed E-state index contributed by atoms with van der Waals surface area (Å²) in [4.78, 5) is 24.3. The van der Waals surface area contributed by atoms with E-state index in [9.17, 15) is 14.7 Å². The summed E-state index contributed by atoms with van der Waals surface area (Å²) in [6.45, 7) is 7.63. The molecule has 0 atom stereocenters. The predicted molar refractivity (Wildman–Crippen MR) is 133 cm³/mol. The lowest BCUT2D eigenvalue weighted by Gasteiger charge is -2.22. The Morgan fingerprint density at radius 1 is 1.00 bits per heavy atom. The minimum atomic E-state index is 0.0429. The number of phenolic OH excluding ortho intramolecular Hbond substituents is 1. The van der Waals surface area contributed by atoms with Gasteiger partial charge in [0.05, 0.1) is 5.56 Å². The first kappa shape index (κ1) is 24.7. The van der Waals surface area contributed by atoms with Crippen LogP contribution in [0.2, 0.25) is 0 Å². The molecule has 32 heavy (non-hydrogen) atoms. The fourth-order valence-corrected chi connectivity index (χ4v) is 3.44. The quantitative estimate of drug-likeness (QED) is 0.335. The number of benzene rings is 3. The average molecular weight is 433 g/mol. The van der Waals surface area contributed by atoms with E-state index in [1.165, 1.54) is 0 Å². The SMILES string of the molecule is CCCN(CC)c1ccc(O)c(C=O)c1.CNc1cc(-c2ccccc2)ccc1C(C)=O. The van der Waals surface area contributed by atoms with Crippen molar-refractivity contribution in [3.8, 4) is 16.9 Å². The van der Waals surface area contributed by atoms with Crippen LogP contribution in [0.3, 0.4) is 0 Å². The normalized spacial score (nSPS) is 10.0. The minimum absolute atomic E-state index is 0.0429. The van der Waals surface area contributed by atoms with Gasteiger partial charge in [-0.2, -0.15) is 0 Å². The summed E-state index contributed by atoms with van der Waals surface area (Å²) in [6, 6.07) is 21.1. The molecule has 0 saturated heterocycles. The molecule has 0 radical (unpaired) electrons. The summed E-state index contributed by atoms with van der Waals surface area (Å²) in [6.07, 6.45) is 1.74. The Morgan fingerprint density at radius 2 is 1.72 bits per heavy atom. The van der Waals surface area contributed by atoms with E-state index >= 15 is 0 Å². The molecular formula is C27H32N2O3. The number of aldehydes is 1. The highest BCUT2D eigenvalue weighted by molar-refractivity contribution is 6.00. The molecule has 0 aliphatic heterocycles. The summed E-state index contributed by atoms with van der Waals surface area (Å²) >= 11 is 0. The van der Waals surface area contributed by atoms with E-state index in [1.54, 1.807) is 19.1 Å². The molecule has 2 N–H and O–H groups in total. The number of carbonyl (C=O) groups excluding carboxylic acids is 2. The fraction of sp³-hybridized carbons (Fsp3) is 0.259. The highest BCUT2D eigenvalue weighted by Crippen LogP contribution is 2.26. The third kappa shape index (κ3) is 6.45. The highest BCUT2D eigenvalue weighted by atomic mass is 16.3. The summed E-state index contributed by atoms with van der Waals surface area (Å²) in [7, 11) is 1.83. The zero-order valence-corrected chi connectivity index (χ0v) is 19.3. The van der Waals surface area contributed by atoms with Gasteiger partial charge < -0.3 is 15.3 Å². The van der Waals surface area contributed by atoms with Gasteiger partial charge in [0.25, 0.3) is 0 Å². The first-order valence-corrected chi connectivity index (χ1v) is 10.9. The molecule has 0 amide bonds. The maximum Gasteiger partial charge on any atom is 0.161 e. The number of carbonyl (C=O) groups is 2. The van der Waals surface area contributed by atoms with E-state index in [0.29, 0.717) is 11.8 Å². The molecule has 168 valence electrons. The third-order valence-corrected chi connectivity index (χ3v) is 5.15. The molecule has 5 heteroatoms. The fourth-order valence-electron chi connectivity index (χ4n) is 3.44. The standard InChI is InChI=1S/C15H15NO.C12H17NO2/c1-11(17)14-9-8-13(10-15(14)16-2)12-6-4-3-5-7-12;1-3-7-13(4-2)11-5-6-12(15)10(8-11)9-14/h3-10,16H,1-2H3;5-6,8-9,15H,3-4,7H2,1-2H3. The topological polar surface area (TPSA) is 69.6 Å². The highest BCUT2D eigenvalue weighted by Gasteiger charge is 2.08. The lowest BCUT2D eigenvalue weighted by Crippen LogP contribution is -2.23. The lowest BCUT2D eigenvalue weighted by molar-refractivity contribution is 0.101. The van der Waals surface area contributed by atoms with Crippen LogP contribution in [0, 0.1) is 0 Å². The van der Waals surface area contributed by atoms with Crippen molar-refractivity contribution in [2.24, 2.45) is 0 Å². The number of ketones is 1. The van der Waals surface area contributed by atoms with Crippen LogP contribution in [0.5, 0.6) is 5.75 Å². The van der Waals surface area contributed by atoms with Crippen LogP contribution in [-0.2, 0) is 0 Å². The van der Waals surface area contributed by atoms with E-state index in [2.05, 4.69) is 36.2 Å². The van der Waals surface area contributed by atoms with Gasteiger partial charge in [0.1, 0.15) is 5.75 Å². The summed E-state index contributed by atoms with van der Waals surface area (Å²) in [5, 5.41) is 12.4. The Hall–Kier alpha value is -3.60. The molecule has 0 unspecified atom stereocenters. The predicted octanol–water partition coefficient (Wildman–Crippen LogP) is 6.04. The molecule has 0 aliphatic rings. The lowest BCUT2D eigenvalue weighted by atomic mass is 10.0. The van der Waals surface area contributed by atoms with E-state index < -0.39 is 0 Å². The van der Waals surface area contributed by atoms with E-state index in [-0.39, 0.29) is 11.5 Å². The number of nitrogens with zero attached hydrogens (tertiary/aromatic N) is 1. The van der Waals surface area contributed by atoms with Crippen LogP contribution in [0.25, 0.3) is 11.1 Å². The molecule has 0 bridgehead atoms. The molecule has 3 rings (SSSR count).